The van der Waals surface area contributed by atoms with Crippen molar-refractivity contribution in [2.45, 2.75) is 11.8 Å². The standard InChI is InChI=1S/C22H21N7O3S2/c1-3-25-22(30)29-19-8-15(16(11-26-19)13-7-14(34(23)31)10-24-9-13)21-28-18(12-33-21)17-5-4-6-20(27-17)32-2/h4-12H,3,23H2,1-2H3,(H2,25,26,29,30). The van der Waals surface area contributed by atoms with Crippen molar-refractivity contribution >= 4 is 34.2 Å². The molecule has 0 fully saturated rings. The topological polar surface area (TPSA) is 145 Å². The number of ether oxygens (including phenoxy) is 1. The van der Waals surface area contributed by atoms with Gasteiger partial charge in [0, 0.05) is 53.3 Å². The second-order valence-corrected chi connectivity index (χ2v) is 8.83. The first-order chi connectivity index (χ1) is 16.5. The summed E-state index contributed by atoms with van der Waals surface area (Å²) >= 11 is 1.41. The van der Waals surface area contributed by atoms with E-state index in [-0.39, 0.29) is 6.03 Å². The number of carbonyl (C=O) groups excluding carboxylic acids is 1. The molecule has 12 heteroatoms. The highest BCUT2D eigenvalue weighted by atomic mass is 32.2. The van der Waals surface area contributed by atoms with Gasteiger partial charge in [0.05, 0.1) is 17.7 Å². The van der Waals surface area contributed by atoms with Crippen molar-refractivity contribution in [3.63, 3.8) is 0 Å². The number of aromatic nitrogens is 4. The fourth-order valence-electron chi connectivity index (χ4n) is 3.11. The summed E-state index contributed by atoms with van der Waals surface area (Å²) in [4.78, 5) is 30.2. The average Bonchev–Trinajstić information content (AvgIpc) is 3.34. The van der Waals surface area contributed by atoms with Crippen LogP contribution in [-0.4, -0.2) is 43.8 Å². The lowest BCUT2D eigenvalue weighted by molar-refractivity contribution is 0.252. The van der Waals surface area contributed by atoms with Crippen molar-refractivity contribution in [3.05, 3.63) is 54.3 Å². The van der Waals surface area contributed by atoms with E-state index in [2.05, 4.69) is 25.6 Å². The minimum Gasteiger partial charge on any atom is -0.481 e. The molecule has 0 spiro atoms. The van der Waals surface area contributed by atoms with E-state index in [4.69, 9.17) is 14.9 Å². The van der Waals surface area contributed by atoms with Gasteiger partial charge in [0.2, 0.25) is 5.88 Å². The molecule has 1 atom stereocenters. The minimum atomic E-state index is -1.68. The second-order valence-electron chi connectivity index (χ2n) is 6.91. The predicted molar refractivity (Wildman–Crippen MR) is 132 cm³/mol. The maximum atomic E-state index is 12.0. The Bertz CT molecular complexity index is 1360. The third kappa shape index (κ3) is 5.25. The normalized spacial score (nSPS) is 11.6. The van der Waals surface area contributed by atoms with Gasteiger partial charge in [-0.1, -0.05) is 6.07 Å². The molecule has 0 saturated heterocycles. The zero-order chi connectivity index (χ0) is 24.1. The Balaban J connectivity index is 1.80. The third-order valence-electron chi connectivity index (χ3n) is 4.67. The summed E-state index contributed by atoms with van der Waals surface area (Å²) < 4.78 is 17.0. The van der Waals surface area contributed by atoms with Gasteiger partial charge >= 0.3 is 6.03 Å². The molecule has 1 unspecified atom stereocenters. The third-order valence-corrected chi connectivity index (χ3v) is 6.23. The Kier molecular flexibility index (Phi) is 7.21. The van der Waals surface area contributed by atoms with Crippen LogP contribution in [0.3, 0.4) is 0 Å². The van der Waals surface area contributed by atoms with Gasteiger partial charge in [0.1, 0.15) is 27.5 Å². The molecule has 4 heterocycles. The molecular weight excluding hydrogens is 474 g/mol. The molecular formula is C22H21N7O3S2. The maximum Gasteiger partial charge on any atom is 0.320 e. The number of thiazole rings is 1. The molecule has 4 rings (SSSR count). The first-order valence-corrected chi connectivity index (χ1v) is 12.2. The number of urea groups is 1. The Morgan fingerprint density at radius 1 is 1.15 bits per heavy atom. The van der Waals surface area contributed by atoms with E-state index in [1.54, 1.807) is 37.7 Å². The van der Waals surface area contributed by atoms with Gasteiger partial charge in [-0.25, -0.2) is 29.1 Å². The number of carbonyl (C=O) groups is 1. The molecule has 0 bridgehead atoms. The van der Waals surface area contributed by atoms with Crippen LogP contribution in [0.1, 0.15) is 6.92 Å². The molecule has 4 aromatic rings. The first-order valence-electron chi connectivity index (χ1n) is 10.1. The van der Waals surface area contributed by atoms with Crippen LogP contribution in [0.25, 0.3) is 33.1 Å². The van der Waals surface area contributed by atoms with E-state index in [0.717, 1.165) is 0 Å². The minimum absolute atomic E-state index is 0.354. The number of anilines is 1. The van der Waals surface area contributed by atoms with E-state index in [9.17, 15) is 9.00 Å². The van der Waals surface area contributed by atoms with Gasteiger partial charge in [0.25, 0.3) is 0 Å². The summed E-state index contributed by atoms with van der Waals surface area (Å²) in [7, 11) is -0.127. The molecule has 10 nitrogen and oxygen atoms in total. The smallest absolute Gasteiger partial charge is 0.320 e. The Labute approximate surface area is 202 Å². The summed E-state index contributed by atoms with van der Waals surface area (Å²) in [6, 6.07) is 8.52. The van der Waals surface area contributed by atoms with Crippen LogP contribution >= 0.6 is 11.3 Å². The zero-order valence-corrected chi connectivity index (χ0v) is 19.9. The van der Waals surface area contributed by atoms with Crippen LogP contribution < -0.4 is 20.5 Å². The number of nitrogens with two attached hydrogens (primary N) is 1. The quantitative estimate of drug-likeness (QED) is 0.356. The van der Waals surface area contributed by atoms with Crippen LogP contribution in [0.4, 0.5) is 10.6 Å². The fraction of sp³-hybridized carbons (Fsp3) is 0.136. The van der Waals surface area contributed by atoms with Crippen molar-refractivity contribution in [2.75, 3.05) is 19.0 Å². The van der Waals surface area contributed by atoms with Crippen LogP contribution in [0.15, 0.2) is 59.2 Å². The first kappa shape index (κ1) is 23.4. The molecule has 4 aromatic heterocycles. The molecule has 0 radical (unpaired) electrons. The number of hydrogen-bond donors (Lipinski definition) is 3. The summed E-state index contributed by atoms with van der Waals surface area (Å²) in [5.74, 6) is 0.843. The number of methoxy groups -OCH3 is 1. The monoisotopic (exact) mass is 495 g/mol. The zero-order valence-electron chi connectivity index (χ0n) is 18.3. The molecule has 34 heavy (non-hydrogen) atoms. The maximum absolute atomic E-state index is 12.0. The van der Waals surface area contributed by atoms with E-state index in [1.807, 2.05) is 24.4 Å². The molecule has 0 aliphatic heterocycles. The number of rotatable bonds is 7. The highest BCUT2D eigenvalue weighted by Gasteiger charge is 2.17. The summed E-state index contributed by atoms with van der Waals surface area (Å²) in [6.07, 6.45) is 4.70. The largest absolute Gasteiger partial charge is 0.481 e. The molecule has 2 amide bonds. The number of nitrogens with one attached hydrogen (secondary N) is 2. The number of hydrogen-bond acceptors (Lipinski definition) is 8. The van der Waals surface area contributed by atoms with Crippen molar-refractivity contribution in [2.24, 2.45) is 5.14 Å². The highest BCUT2D eigenvalue weighted by Crippen LogP contribution is 2.36. The summed E-state index contributed by atoms with van der Waals surface area (Å²) in [5, 5.41) is 13.5. The van der Waals surface area contributed by atoms with Gasteiger partial charge in [-0.2, -0.15) is 0 Å². The van der Waals surface area contributed by atoms with Crippen molar-refractivity contribution < 1.29 is 13.7 Å². The number of pyridine rings is 3. The van der Waals surface area contributed by atoms with E-state index in [1.165, 1.54) is 17.5 Å². The predicted octanol–water partition coefficient (Wildman–Crippen LogP) is 3.46. The van der Waals surface area contributed by atoms with E-state index < -0.39 is 11.0 Å². The SMILES string of the molecule is CCNC(=O)Nc1cc(-c2nc(-c3cccc(OC)n3)cs2)c(-c2cncc(S(N)=O)c2)cn1. The fourth-order valence-corrected chi connectivity index (χ4v) is 4.37. The van der Waals surface area contributed by atoms with Crippen LogP contribution in [-0.2, 0) is 11.0 Å². The molecule has 0 saturated carbocycles. The van der Waals surface area contributed by atoms with Crippen molar-refractivity contribution in [1.29, 1.82) is 0 Å². The second kappa shape index (κ2) is 10.5. The molecule has 0 aromatic carbocycles. The van der Waals surface area contributed by atoms with Gasteiger partial charge in [-0.05, 0) is 25.1 Å². The van der Waals surface area contributed by atoms with Crippen LogP contribution in [0.2, 0.25) is 0 Å². The highest BCUT2D eigenvalue weighted by molar-refractivity contribution is 7.82. The van der Waals surface area contributed by atoms with Crippen molar-refractivity contribution in [3.8, 4) is 39.0 Å². The molecule has 0 aliphatic rings. The Morgan fingerprint density at radius 3 is 2.76 bits per heavy atom. The number of nitrogens with zero attached hydrogens (tertiary/aromatic N) is 4. The van der Waals surface area contributed by atoms with Crippen LogP contribution in [0.5, 0.6) is 5.88 Å². The summed E-state index contributed by atoms with van der Waals surface area (Å²) in [5.41, 5.74) is 3.42. The lowest BCUT2D eigenvalue weighted by atomic mass is 10.0. The lowest BCUT2D eigenvalue weighted by Crippen LogP contribution is -2.28. The number of amides is 2. The van der Waals surface area contributed by atoms with Gasteiger partial charge < -0.3 is 10.1 Å². The Morgan fingerprint density at radius 2 is 2.00 bits per heavy atom. The molecule has 174 valence electrons. The molecule has 0 aliphatic carbocycles. The molecule has 4 N–H and O–H groups in total. The van der Waals surface area contributed by atoms with Crippen LogP contribution in [0, 0.1) is 0 Å². The Hall–Kier alpha value is -3.74. The van der Waals surface area contributed by atoms with Gasteiger partial charge in [0.15, 0.2) is 0 Å². The van der Waals surface area contributed by atoms with E-state index in [0.29, 0.717) is 56.2 Å². The summed E-state index contributed by atoms with van der Waals surface area (Å²) in [6.45, 7) is 2.31. The van der Waals surface area contributed by atoms with Crippen molar-refractivity contribution in [1.82, 2.24) is 25.3 Å². The van der Waals surface area contributed by atoms with Gasteiger partial charge in [-0.3, -0.25) is 10.3 Å². The lowest BCUT2D eigenvalue weighted by Gasteiger charge is -2.11. The average molecular weight is 496 g/mol. The van der Waals surface area contributed by atoms with E-state index >= 15 is 0 Å². The van der Waals surface area contributed by atoms with Gasteiger partial charge in [-0.15, -0.1) is 11.3 Å².